The Morgan fingerprint density at radius 1 is 1.30 bits per heavy atom. The Balaban J connectivity index is 2.01. The molecule has 1 unspecified atom stereocenters. The predicted molar refractivity (Wildman–Crippen MR) is 110 cm³/mol. The van der Waals surface area contributed by atoms with Gasteiger partial charge in [0.1, 0.15) is 12.4 Å². The molecule has 0 saturated carbocycles. The van der Waals surface area contributed by atoms with Gasteiger partial charge in [0.15, 0.2) is 0 Å². The highest BCUT2D eigenvalue weighted by molar-refractivity contribution is 6.30. The molecule has 30 heavy (non-hydrogen) atoms. The highest BCUT2D eigenvalue weighted by atomic mass is 35.5. The van der Waals surface area contributed by atoms with E-state index >= 15 is 0 Å². The number of non-ortho nitro benzene ring substituents is 1. The van der Waals surface area contributed by atoms with Crippen molar-refractivity contribution in [3.8, 4) is 5.75 Å². The second-order valence-electron chi connectivity index (χ2n) is 6.71. The Morgan fingerprint density at radius 3 is 2.73 bits per heavy atom. The summed E-state index contributed by atoms with van der Waals surface area (Å²) >= 11 is 6.16. The second kappa shape index (κ2) is 9.10. The molecule has 10 heteroatoms. The van der Waals surface area contributed by atoms with Crippen LogP contribution in [0.25, 0.3) is 0 Å². The minimum absolute atomic E-state index is 0.107. The number of amides is 2. The van der Waals surface area contributed by atoms with Gasteiger partial charge in [-0.05, 0) is 37.1 Å². The fourth-order valence-corrected chi connectivity index (χ4v) is 3.60. The van der Waals surface area contributed by atoms with E-state index in [1.807, 2.05) is 0 Å². The van der Waals surface area contributed by atoms with Gasteiger partial charge in [-0.25, -0.2) is 0 Å². The molecule has 1 heterocycles. The van der Waals surface area contributed by atoms with Crippen LogP contribution in [0, 0.1) is 10.1 Å². The first-order chi connectivity index (χ1) is 14.3. The monoisotopic (exact) mass is 433 g/mol. The summed E-state index contributed by atoms with van der Waals surface area (Å²) in [6.45, 7) is 0.130. The molecule has 9 nitrogen and oxygen atoms in total. The molecule has 2 amide bonds. The third-order valence-electron chi connectivity index (χ3n) is 4.77. The third kappa shape index (κ3) is 4.52. The fourth-order valence-electron chi connectivity index (χ4n) is 3.42. The third-order valence-corrected chi connectivity index (χ3v) is 5.01. The first kappa shape index (κ1) is 21.5. The molecule has 0 aromatic heterocycles. The molecule has 2 N–H and O–H groups in total. The smallest absolute Gasteiger partial charge is 0.273 e. The topological polar surface area (TPSA) is 125 Å². The maximum absolute atomic E-state index is 13.4. The van der Waals surface area contributed by atoms with Crippen LogP contribution in [-0.4, -0.2) is 37.0 Å². The predicted octanol–water partition coefficient (Wildman–Crippen LogP) is 3.24. The zero-order chi connectivity index (χ0) is 21.8. The number of fused-ring (bicyclic) bond motifs is 1. The number of nitrogens with two attached hydrogens (primary N) is 1. The average molecular weight is 434 g/mol. The summed E-state index contributed by atoms with van der Waals surface area (Å²) in [4.78, 5) is 36.6. The van der Waals surface area contributed by atoms with Crippen LogP contribution in [0.5, 0.6) is 5.75 Å². The lowest BCUT2D eigenvalue weighted by molar-refractivity contribution is -0.384. The fraction of sp³-hybridized carbons (Fsp3) is 0.300. The minimum Gasteiger partial charge on any atom is -0.496 e. The van der Waals surface area contributed by atoms with Crippen LogP contribution in [0.3, 0.4) is 0 Å². The highest BCUT2D eigenvalue weighted by Crippen LogP contribution is 2.38. The Hall–Kier alpha value is -3.17. The first-order valence-electron chi connectivity index (χ1n) is 9.15. The Labute approximate surface area is 177 Å². The van der Waals surface area contributed by atoms with E-state index < -0.39 is 16.9 Å². The summed E-state index contributed by atoms with van der Waals surface area (Å²) in [5, 5.41) is 11.5. The van der Waals surface area contributed by atoms with E-state index in [0.717, 1.165) is 0 Å². The van der Waals surface area contributed by atoms with Crippen molar-refractivity contribution in [3.05, 3.63) is 62.7 Å². The molecule has 0 fully saturated rings. The van der Waals surface area contributed by atoms with Gasteiger partial charge in [0.05, 0.1) is 29.8 Å². The van der Waals surface area contributed by atoms with Gasteiger partial charge in [-0.3, -0.25) is 19.7 Å². The largest absolute Gasteiger partial charge is 0.496 e. The molecular weight excluding hydrogens is 414 g/mol. The minimum atomic E-state index is -0.591. The van der Waals surface area contributed by atoms with E-state index in [4.69, 9.17) is 26.8 Å². The molecule has 0 bridgehead atoms. The van der Waals surface area contributed by atoms with Crippen LogP contribution < -0.4 is 15.4 Å². The number of carbonyl (C=O) groups is 2. The van der Waals surface area contributed by atoms with Crippen LogP contribution >= 0.6 is 11.6 Å². The number of benzene rings is 2. The van der Waals surface area contributed by atoms with Gasteiger partial charge in [0, 0.05) is 28.9 Å². The number of nitrogens with zero attached hydrogens (tertiary/aromatic N) is 2. The molecule has 0 spiro atoms. The molecule has 2 aromatic carbocycles. The molecule has 3 rings (SSSR count). The van der Waals surface area contributed by atoms with Crippen molar-refractivity contribution < 1.29 is 24.0 Å². The summed E-state index contributed by atoms with van der Waals surface area (Å²) in [7, 11) is 1.35. The number of carbonyl (C=O) groups excluding carboxylic acids is 2. The van der Waals surface area contributed by atoms with Crippen molar-refractivity contribution in [1.29, 1.82) is 0 Å². The Morgan fingerprint density at radius 2 is 2.07 bits per heavy atom. The van der Waals surface area contributed by atoms with Gasteiger partial charge in [-0.15, -0.1) is 0 Å². The SMILES string of the molecule is COc1cc([N+](=O)[O-])ccc1C(=O)N1CCCC(OCC(N)=O)c2cc(Cl)ccc21. The Bertz CT molecular complexity index is 997. The van der Waals surface area contributed by atoms with Crippen LogP contribution in [0.15, 0.2) is 36.4 Å². The number of hydrogen-bond acceptors (Lipinski definition) is 6. The first-order valence-corrected chi connectivity index (χ1v) is 9.53. The van der Waals surface area contributed by atoms with Gasteiger partial charge < -0.3 is 20.1 Å². The number of nitro benzene ring substituents is 1. The van der Waals surface area contributed by atoms with Crippen molar-refractivity contribution >= 4 is 34.8 Å². The zero-order valence-electron chi connectivity index (χ0n) is 16.2. The number of hydrogen-bond donors (Lipinski definition) is 1. The van der Waals surface area contributed by atoms with Gasteiger partial charge in [0.25, 0.3) is 11.6 Å². The van der Waals surface area contributed by atoms with E-state index in [1.54, 1.807) is 23.1 Å². The van der Waals surface area contributed by atoms with Crippen LogP contribution in [0.4, 0.5) is 11.4 Å². The second-order valence-corrected chi connectivity index (χ2v) is 7.15. The molecular formula is C20H20ClN3O6. The summed E-state index contributed by atoms with van der Waals surface area (Å²) in [6, 6.07) is 8.91. The van der Waals surface area contributed by atoms with Crippen molar-refractivity contribution in [2.24, 2.45) is 5.73 Å². The molecule has 0 radical (unpaired) electrons. The number of primary amides is 1. The maximum atomic E-state index is 13.4. The molecule has 2 aromatic rings. The number of anilines is 1. The summed E-state index contributed by atoms with van der Waals surface area (Å²) in [5.41, 5.74) is 6.46. The standard InChI is InChI=1S/C20H20ClN3O6/c1-29-18-10-13(24(27)28)5-6-14(18)20(26)23-8-2-3-17(30-11-19(22)25)15-9-12(21)4-7-16(15)23/h4-7,9-10,17H,2-3,8,11H2,1H3,(H2,22,25). The van der Waals surface area contributed by atoms with Crippen molar-refractivity contribution in [3.63, 3.8) is 0 Å². The van der Waals surface area contributed by atoms with Crippen LogP contribution in [0.2, 0.25) is 5.02 Å². The number of methoxy groups -OCH3 is 1. The van der Waals surface area contributed by atoms with E-state index in [0.29, 0.717) is 35.7 Å². The van der Waals surface area contributed by atoms with Gasteiger partial charge in [-0.1, -0.05) is 11.6 Å². The maximum Gasteiger partial charge on any atom is 0.273 e. The van der Waals surface area contributed by atoms with Gasteiger partial charge in [0.2, 0.25) is 5.91 Å². The van der Waals surface area contributed by atoms with E-state index in [9.17, 15) is 19.7 Å². The lowest BCUT2D eigenvalue weighted by Gasteiger charge is -2.25. The van der Waals surface area contributed by atoms with Gasteiger partial charge >= 0.3 is 0 Å². The van der Waals surface area contributed by atoms with Crippen molar-refractivity contribution in [2.45, 2.75) is 18.9 Å². The molecule has 1 aliphatic rings. The van der Waals surface area contributed by atoms with E-state index in [2.05, 4.69) is 0 Å². The average Bonchev–Trinajstić information content (AvgIpc) is 2.90. The van der Waals surface area contributed by atoms with Crippen LogP contribution in [0.1, 0.15) is 34.9 Å². The van der Waals surface area contributed by atoms with E-state index in [1.165, 1.54) is 25.3 Å². The highest BCUT2D eigenvalue weighted by Gasteiger charge is 2.30. The number of rotatable bonds is 6. The summed E-state index contributed by atoms with van der Waals surface area (Å²) in [6.07, 6.45) is 0.696. The molecule has 158 valence electrons. The van der Waals surface area contributed by atoms with Crippen LogP contribution in [-0.2, 0) is 9.53 Å². The molecule has 1 atom stereocenters. The number of halogens is 1. The molecule has 0 saturated heterocycles. The quantitative estimate of drug-likeness (QED) is 0.550. The number of ether oxygens (including phenoxy) is 2. The van der Waals surface area contributed by atoms with Crippen molar-refractivity contribution in [1.82, 2.24) is 0 Å². The summed E-state index contributed by atoms with van der Waals surface area (Å²) < 4.78 is 10.9. The Kier molecular flexibility index (Phi) is 6.53. The van der Waals surface area contributed by atoms with Gasteiger partial charge in [-0.2, -0.15) is 0 Å². The van der Waals surface area contributed by atoms with E-state index in [-0.39, 0.29) is 29.5 Å². The van der Waals surface area contributed by atoms with Crippen molar-refractivity contribution in [2.75, 3.05) is 25.2 Å². The number of nitro groups is 1. The zero-order valence-corrected chi connectivity index (χ0v) is 16.9. The lowest BCUT2D eigenvalue weighted by atomic mass is 10.0. The lowest BCUT2D eigenvalue weighted by Crippen LogP contribution is -2.32. The normalized spacial score (nSPS) is 15.8. The summed E-state index contributed by atoms with van der Waals surface area (Å²) in [5.74, 6) is -0.859. The molecule has 0 aliphatic carbocycles. The molecule has 1 aliphatic heterocycles.